The van der Waals surface area contributed by atoms with E-state index in [-0.39, 0.29) is 5.56 Å². The van der Waals surface area contributed by atoms with Gasteiger partial charge in [0, 0.05) is 15.3 Å². The molecule has 0 fully saturated rings. The first-order valence-electron chi connectivity index (χ1n) is 5.57. The van der Waals surface area contributed by atoms with E-state index in [0.29, 0.717) is 5.56 Å². The molecule has 2 aromatic rings. The smallest absolute Gasteiger partial charge is 0.134 e. The molecular weight excluding hydrogens is 274 g/mol. The SMILES string of the molecule is Cc1cc(C)c(C(Cl)c2c(F)ccc(C)c2F)s1. The summed E-state index contributed by atoms with van der Waals surface area (Å²) in [7, 11) is 0. The van der Waals surface area contributed by atoms with E-state index in [9.17, 15) is 8.78 Å². The summed E-state index contributed by atoms with van der Waals surface area (Å²) in [6.45, 7) is 5.46. The van der Waals surface area contributed by atoms with Crippen LogP contribution in [0.1, 0.15) is 31.8 Å². The minimum absolute atomic E-state index is 0.0541. The quantitative estimate of drug-likeness (QED) is 0.659. The first kappa shape index (κ1) is 13.5. The topological polar surface area (TPSA) is 0 Å². The maximum Gasteiger partial charge on any atom is 0.134 e. The highest BCUT2D eigenvalue weighted by Crippen LogP contribution is 2.39. The minimum Gasteiger partial charge on any atom is -0.207 e. The number of rotatable bonds is 2. The van der Waals surface area contributed by atoms with Gasteiger partial charge in [-0.2, -0.15) is 0 Å². The highest BCUT2D eigenvalue weighted by molar-refractivity contribution is 7.12. The van der Waals surface area contributed by atoms with Crippen molar-refractivity contribution < 1.29 is 8.78 Å². The average Bonchev–Trinajstić information content (AvgIpc) is 2.63. The molecule has 1 aromatic carbocycles. The van der Waals surface area contributed by atoms with Gasteiger partial charge in [0.1, 0.15) is 11.6 Å². The van der Waals surface area contributed by atoms with Gasteiger partial charge < -0.3 is 0 Å². The molecule has 0 aliphatic heterocycles. The molecule has 1 atom stereocenters. The third kappa shape index (κ3) is 2.29. The Labute approximate surface area is 114 Å². The fourth-order valence-electron chi connectivity index (χ4n) is 1.95. The zero-order valence-electron chi connectivity index (χ0n) is 10.4. The molecule has 0 radical (unpaired) electrons. The van der Waals surface area contributed by atoms with Crippen molar-refractivity contribution in [3.05, 3.63) is 56.3 Å². The van der Waals surface area contributed by atoms with Crippen LogP contribution in [0.25, 0.3) is 0 Å². The van der Waals surface area contributed by atoms with Gasteiger partial charge in [-0.3, -0.25) is 0 Å². The molecule has 0 N–H and O–H groups in total. The van der Waals surface area contributed by atoms with Gasteiger partial charge >= 0.3 is 0 Å². The summed E-state index contributed by atoms with van der Waals surface area (Å²) in [4.78, 5) is 1.89. The van der Waals surface area contributed by atoms with Crippen LogP contribution in [-0.4, -0.2) is 0 Å². The van der Waals surface area contributed by atoms with Crippen molar-refractivity contribution in [3.63, 3.8) is 0 Å². The molecule has 0 bridgehead atoms. The number of alkyl halides is 1. The second-order valence-electron chi connectivity index (χ2n) is 4.36. The molecule has 0 saturated carbocycles. The van der Waals surface area contributed by atoms with Crippen LogP contribution in [0.2, 0.25) is 0 Å². The molecular formula is C14H13ClF2S. The van der Waals surface area contributed by atoms with Crippen LogP contribution in [0, 0.1) is 32.4 Å². The molecule has 0 aliphatic rings. The van der Waals surface area contributed by atoms with Gasteiger partial charge in [0.25, 0.3) is 0 Å². The average molecular weight is 287 g/mol. The second kappa shape index (κ2) is 4.98. The molecule has 2 rings (SSSR count). The summed E-state index contributed by atoms with van der Waals surface area (Å²) >= 11 is 7.74. The van der Waals surface area contributed by atoms with Gasteiger partial charge in [-0.05, 0) is 44.0 Å². The lowest BCUT2D eigenvalue weighted by Crippen LogP contribution is -2.02. The van der Waals surface area contributed by atoms with Crippen LogP contribution >= 0.6 is 22.9 Å². The summed E-state index contributed by atoms with van der Waals surface area (Å²) in [6, 6.07) is 4.66. The van der Waals surface area contributed by atoms with E-state index in [1.807, 2.05) is 19.9 Å². The van der Waals surface area contributed by atoms with E-state index in [1.165, 1.54) is 23.5 Å². The minimum atomic E-state index is -0.774. The van der Waals surface area contributed by atoms with E-state index < -0.39 is 17.0 Å². The van der Waals surface area contributed by atoms with Gasteiger partial charge in [-0.1, -0.05) is 6.07 Å². The van der Waals surface area contributed by atoms with Crippen molar-refractivity contribution in [3.8, 4) is 0 Å². The Balaban J connectivity index is 2.56. The van der Waals surface area contributed by atoms with Gasteiger partial charge in [0.2, 0.25) is 0 Å². The van der Waals surface area contributed by atoms with Crippen LogP contribution in [0.4, 0.5) is 8.78 Å². The van der Waals surface area contributed by atoms with E-state index >= 15 is 0 Å². The standard InChI is InChI=1S/C14H13ClF2S/c1-7-4-5-10(16)11(13(7)17)12(15)14-8(2)6-9(3)18-14/h4-6,12H,1-3H3. The molecule has 18 heavy (non-hydrogen) atoms. The molecule has 0 spiro atoms. The van der Waals surface area contributed by atoms with Crippen LogP contribution < -0.4 is 0 Å². The summed E-state index contributed by atoms with van der Waals surface area (Å²) in [6.07, 6.45) is 0. The van der Waals surface area contributed by atoms with Gasteiger partial charge in [0.05, 0.1) is 5.38 Å². The van der Waals surface area contributed by atoms with E-state index in [4.69, 9.17) is 11.6 Å². The molecule has 0 aliphatic carbocycles. The Morgan fingerprint density at radius 1 is 1.11 bits per heavy atom. The third-order valence-electron chi connectivity index (χ3n) is 2.88. The normalized spacial score (nSPS) is 12.8. The van der Waals surface area contributed by atoms with Crippen LogP contribution in [0.3, 0.4) is 0 Å². The molecule has 0 nitrogen and oxygen atoms in total. The summed E-state index contributed by atoms with van der Waals surface area (Å²) in [5, 5.41) is -0.774. The Bertz CT molecular complexity index is 590. The van der Waals surface area contributed by atoms with E-state index in [2.05, 4.69) is 0 Å². The van der Waals surface area contributed by atoms with Crippen molar-refractivity contribution in [1.29, 1.82) is 0 Å². The molecule has 0 saturated heterocycles. The Morgan fingerprint density at radius 2 is 1.78 bits per heavy atom. The Morgan fingerprint density at radius 3 is 2.33 bits per heavy atom. The Kier molecular flexibility index (Phi) is 3.74. The third-order valence-corrected chi connectivity index (χ3v) is 4.67. The molecule has 0 amide bonds. The van der Waals surface area contributed by atoms with E-state index in [1.54, 1.807) is 6.92 Å². The van der Waals surface area contributed by atoms with Crippen LogP contribution in [-0.2, 0) is 0 Å². The largest absolute Gasteiger partial charge is 0.207 e. The highest BCUT2D eigenvalue weighted by Gasteiger charge is 2.23. The summed E-state index contributed by atoms with van der Waals surface area (Å²) in [5.41, 5.74) is 1.32. The monoisotopic (exact) mass is 286 g/mol. The zero-order valence-corrected chi connectivity index (χ0v) is 11.9. The lowest BCUT2D eigenvalue weighted by Gasteiger charge is -2.13. The predicted molar refractivity (Wildman–Crippen MR) is 72.6 cm³/mol. The summed E-state index contributed by atoms with van der Waals surface area (Å²) < 4.78 is 27.8. The lowest BCUT2D eigenvalue weighted by atomic mass is 10.0. The number of aryl methyl sites for hydroxylation is 3. The first-order chi connectivity index (χ1) is 8.41. The number of hydrogen-bond donors (Lipinski definition) is 0. The number of hydrogen-bond acceptors (Lipinski definition) is 1. The van der Waals surface area contributed by atoms with Crippen LogP contribution in [0.15, 0.2) is 18.2 Å². The first-order valence-corrected chi connectivity index (χ1v) is 6.82. The molecule has 96 valence electrons. The van der Waals surface area contributed by atoms with Crippen molar-refractivity contribution >= 4 is 22.9 Å². The van der Waals surface area contributed by atoms with Crippen molar-refractivity contribution in [2.24, 2.45) is 0 Å². The number of halogens is 3. The maximum atomic E-state index is 14.0. The molecule has 1 unspecified atom stereocenters. The van der Waals surface area contributed by atoms with Crippen LogP contribution in [0.5, 0.6) is 0 Å². The predicted octanol–water partition coefficient (Wildman–Crippen LogP) is 5.28. The zero-order chi connectivity index (χ0) is 13.4. The van der Waals surface area contributed by atoms with Gasteiger partial charge in [0.15, 0.2) is 0 Å². The van der Waals surface area contributed by atoms with E-state index in [0.717, 1.165) is 15.3 Å². The maximum absolute atomic E-state index is 14.0. The molecule has 1 heterocycles. The highest BCUT2D eigenvalue weighted by atomic mass is 35.5. The summed E-state index contributed by atoms with van der Waals surface area (Å²) in [5.74, 6) is -1.15. The van der Waals surface area contributed by atoms with Gasteiger partial charge in [-0.15, -0.1) is 22.9 Å². The fraction of sp³-hybridized carbons (Fsp3) is 0.286. The Hall–Kier alpha value is -0.930. The fourth-order valence-corrected chi connectivity index (χ4v) is 3.48. The van der Waals surface area contributed by atoms with Crippen molar-refractivity contribution in [1.82, 2.24) is 0 Å². The second-order valence-corrected chi connectivity index (χ2v) is 6.08. The molecule has 4 heteroatoms. The number of benzene rings is 1. The van der Waals surface area contributed by atoms with Gasteiger partial charge in [-0.25, -0.2) is 8.78 Å². The number of thiophene rings is 1. The van der Waals surface area contributed by atoms with Crippen molar-refractivity contribution in [2.75, 3.05) is 0 Å². The van der Waals surface area contributed by atoms with Crippen molar-refractivity contribution in [2.45, 2.75) is 26.1 Å². The molecule has 1 aromatic heterocycles. The lowest BCUT2D eigenvalue weighted by molar-refractivity contribution is 0.554.